The van der Waals surface area contributed by atoms with E-state index in [1.54, 1.807) is 17.4 Å². The lowest BCUT2D eigenvalue weighted by Crippen LogP contribution is -2.17. The minimum Gasteiger partial charge on any atom is -0.370 e. The number of halogens is 1. The van der Waals surface area contributed by atoms with Crippen LogP contribution >= 0.6 is 11.3 Å². The predicted octanol–water partition coefficient (Wildman–Crippen LogP) is 3.34. The maximum absolute atomic E-state index is 13.0. The summed E-state index contributed by atoms with van der Waals surface area (Å²) in [7, 11) is 1.89. The van der Waals surface area contributed by atoms with Crippen LogP contribution in [0.3, 0.4) is 0 Å². The molecule has 88 valence electrons. The maximum Gasteiger partial charge on any atom is 0.152 e. The number of anilines is 1. The molecule has 0 bridgehead atoms. The summed E-state index contributed by atoms with van der Waals surface area (Å²) in [4.78, 5) is 12.8. The number of benzene rings is 1. The highest BCUT2D eigenvalue weighted by atomic mass is 32.1. The molecule has 0 atom stereocenters. The predicted molar refractivity (Wildman–Crippen MR) is 68.2 cm³/mol. The Bertz CT molecular complexity index is 510. The van der Waals surface area contributed by atoms with Gasteiger partial charge in [0.2, 0.25) is 0 Å². The van der Waals surface area contributed by atoms with Gasteiger partial charge in [-0.1, -0.05) is 0 Å². The van der Waals surface area contributed by atoms with Gasteiger partial charge in [0.15, 0.2) is 6.29 Å². The molecule has 2 aromatic rings. The third-order valence-corrected chi connectivity index (χ3v) is 3.26. The summed E-state index contributed by atoms with van der Waals surface area (Å²) in [6.45, 7) is 0.704. The van der Waals surface area contributed by atoms with Crippen molar-refractivity contribution in [3.8, 4) is 0 Å². The highest BCUT2D eigenvalue weighted by Crippen LogP contribution is 2.21. The molecule has 0 spiro atoms. The second-order valence-electron chi connectivity index (χ2n) is 3.81. The monoisotopic (exact) mass is 249 g/mol. The number of nitrogens with zero attached hydrogens (tertiary/aromatic N) is 1. The summed E-state index contributed by atoms with van der Waals surface area (Å²) in [6, 6.07) is 6.29. The fraction of sp³-hybridized carbons (Fsp3) is 0.154. The highest BCUT2D eigenvalue weighted by molar-refractivity contribution is 7.07. The first-order valence-corrected chi connectivity index (χ1v) is 6.12. The molecule has 0 aliphatic carbocycles. The Balaban J connectivity index is 2.24. The summed E-state index contributed by atoms with van der Waals surface area (Å²) < 4.78 is 13.0. The van der Waals surface area contributed by atoms with Crippen molar-refractivity contribution in [3.63, 3.8) is 0 Å². The molecule has 0 aliphatic heterocycles. The fourth-order valence-corrected chi connectivity index (χ4v) is 2.37. The number of hydrogen-bond acceptors (Lipinski definition) is 3. The summed E-state index contributed by atoms with van der Waals surface area (Å²) in [6.07, 6.45) is 0.683. The smallest absolute Gasteiger partial charge is 0.152 e. The second kappa shape index (κ2) is 5.10. The molecule has 0 N–H and O–H groups in total. The molecule has 4 heteroatoms. The van der Waals surface area contributed by atoms with Crippen LogP contribution in [0.2, 0.25) is 0 Å². The first-order valence-electron chi connectivity index (χ1n) is 5.17. The highest BCUT2D eigenvalue weighted by Gasteiger charge is 2.08. The Morgan fingerprint density at radius 3 is 2.88 bits per heavy atom. The molecule has 17 heavy (non-hydrogen) atoms. The van der Waals surface area contributed by atoms with Crippen LogP contribution in [0.4, 0.5) is 10.1 Å². The van der Waals surface area contributed by atoms with Gasteiger partial charge in [0.05, 0.1) is 0 Å². The Morgan fingerprint density at radius 2 is 2.24 bits per heavy atom. The van der Waals surface area contributed by atoms with Crippen molar-refractivity contribution in [1.29, 1.82) is 0 Å². The lowest BCUT2D eigenvalue weighted by atomic mass is 10.1. The van der Waals surface area contributed by atoms with Gasteiger partial charge >= 0.3 is 0 Å². The third-order valence-electron chi connectivity index (χ3n) is 2.53. The van der Waals surface area contributed by atoms with E-state index in [0.29, 0.717) is 18.4 Å². The average molecular weight is 249 g/mol. The molecule has 0 amide bonds. The zero-order valence-corrected chi connectivity index (χ0v) is 10.2. The zero-order valence-electron chi connectivity index (χ0n) is 9.39. The van der Waals surface area contributed by atoms with E-state index in [4.69, 9.17) is 0 Å². The van der Waals surface area contributed by atoms with Gasteiger partial charge in [-0.05, 0) is 40.6 Å². The molecule has 0 fully saturated rings. The van der Waals surface area contributed by atoms with Crippen molar-refractivity contribution in [2.24, 2.45) is 0 Å². The molecular weight excluding hydrogens is 237 g/mol. The molecular formula is C13H12FNOS. The third kappa shape index (κ3) is 2.71. The zero-order chi connectivity index (χ0) is 12.3. The van der Waals surface area contributed by atoms with Crippen molar-refractivity contribution in [2.75, 3.05) is 11.9 Å². The fourth-order valence-electron chi connectivity index (χ4n) is 1.71. The number of hydrogen-bond donors (Lipinski definition) is 0. The lowest BCUT2D eigenvalue weighted by molar-refractivity contribution is 0.112. The largest absolute Gasteiger partial charge is 0.370 e. The Morgan fingerprint density at radius 1 is 1.41 bits per heavy atom. The van der Waals surface area contributed by atoms with Crippen LogP contribution in [-0.4, -0.2) is 13.3 Å². The number of aldehydes is 1. The summed E-state index contributed by atoms with van der Waals surface area (Å²) in [5.41, 5.74) is 2.30. The van der Waals surface area contributed by atoms with Crippen molar-refractivity contribution in [2.45, 2.75) is 6.54 Å². The van der Waals surface area contributed by atoms with Gasteiger partial charge in [0.1, 0.15) is 5.82 Å². The van der Waals surface area contributed by atoms with Gasteiger partial charge in [0.25, 0.3) is 0 Å². The van der Waals surface area contributed by atoms with E-state index in [-0.39, 0.29) is 5.82 Å². The molecule has 1 aromatic carbocycles. The second-order valence-corrected chi connectivity index (χ2v) is 4.59. The lowest BCUT2D eigenvalue weighted by Gasteiger charge is -2.20. The molecule has 2 rings (SSSR count). The van der Waals surface area contributed by atoms with E-state index in [1.165, 1.54) is 17.7 Å². The maximum atomic E-state index is 13.0. The van der Waals surface area contributed by atoms with Gasteiger partial charge in [-0.25, -0.2) is 4.39 Å². The van der Waals surface area contributed by atoms with Crippen LogP contribution in [-0.2, 0) is 6.54 Å². The van der Waals surface area contributed by atoms with Gasteiger partial charge in [-0.2, -0.15) is 11.3 Å². The van der Waals surface area contributed by atoms with E-state index in [0.717, 1.165) is 5.69 Å². The molecule has 0 unspecified atom stereocenters. The van der Waals surface area contributed by atoms with E-state index in [9.17, 15) is 9.18 Å². The van der Waals surface area contributed by atoms with E-state index in [1.807, 2.05) is 23.4 Å². The van der Waals surface area contributed by atoms with Gasteiger partial charge in [-0.15, -0.1) is 0 Å². The van der Waals surface area contributed by atoms with Crippen LogP contribution in [0.15, 0.2) is 35.0 Å². The normalized spacial score (nSPS) is 10.2. The molecule has 0 saturated heterocycles. The van der Waals surface area contributed by atoms with Gasteiger partial charge in [0, 0.05) is 24.8 Å². The van der Waals surface area contributed by atoms with E-state index < -0.39 is 0 Å². The summed E-state index contributed by atoms with van der Waals surface area (Å²) in [5, 5.41) is 4.06. The first-order chi connectivity index (χ1) is 8.20. The molecule has 0 saturated carbocycles. The van der Waals surface area contributed by atoms with Crippen LogP contribution in [0.25, 0.3) is 0 Å². The standard InChI is InChI=1S/C13H12FNOS/c1-15(7-10-4-5-17-9-10)13-3-2-12(14)6-11(13)8-16/h2-6,8-9H,7H2,1H3. The molecule has 1 heterocycles. The quantitative estimate of drug-likeness (QED) is 0.775. The van der Waals surface area contributed by atoms with Crippen molar-refractivity contribution in [3.05, 3.63) is 52.0 Å². The van der Waals surface area contributed by atoms with Crippen molar-refractivity contribution < 1.29 is 9.18 Å². The Kier molecular flexibility index (Phi) is 3.54. The van der Waals surface area contributed by atoms with Crippen LogP contribution < -0.4 is 4.90 Å². The number of rotatable bonds is 4. The minimum absolute atomic E-state index is 0.378. The SMILES string of the molecule is CN(Cc1ccsc1)c1ccc(F)cc1C=O. The van der Waals surface area contributed by atoms with Crippen LogP contribution in [0.1, 0.15) is 15.9 Å². The molecule has 0 aliphatic rings. The average Bonchev–Trinajstić information content (AvgIpc) is 2.81. The number of carbonyl (C=O) groups excluding carboxylic acids is 1. The van der Waals surface area contributed by atoms with Gasteiger partial charge < -0.3 is 4.90 Å². The minimum atomic E-state index is -0.389. The van der Waals surface area contributed by atoms with Crippen molar-refractivity contribution in [1.82, 2.24) is 0 Å². The van der Waals surface area contributed by atoms with Crippen molar-refractivity contribution >= 4 is 23.3 Å². The van der Waals surface area contributed by atoms with E-state index >= 15 is 0 Å². The molecule has 1 aromatic heterocycles. The number of carbonyl (C=O) groups is 1. The first kappa shape index (κ1) is 11.8. The Labute approximate surface area is 103 Å². The van der Waals surface area contributed by atoms with E-state index in [2.05, 4.69) is 5.38 Å². The summed E-state index contributed by atoms with van der Waals surface area (Å²) >= 11 is 1.63. The molecule has 2 nitrogen and oxygen atoms in total. The number of thiophene rings is 1. The molecule has 0 radical (unpaired) electrons. The topological polar surface area (TPSA) is 20.3 Å². The Hall–Kier alpha value is -1.68. The van der Waals surface area contributed by atoms with Crippen LogP contribution in [0, 0.1) is 5.82 Å². The van der Waals surface area contributed by atoms with Crippen LogP contribution in [0.5, 0.6) is 0 Å². The summed E-state index contributed by atoms with van der Waals surface area (Å²) in [5.74, 6) is -0.389. The van der Waals surface area contributed by atoms with Gasteiger partial charge in [-0.3, -0.25) is 4.79 Å².